The molecule has 1 saturated heterocycles. The quantitative estimate of drug-likeness (QED) is 0.613. The highest BCUT2D eigenvalue weighted by Gasteiger charge is 2.40. The normalized spacial score (nSPS) is 16.9. The molecule has 0 spiro atoms. The van der Waals surface area contributed by atoms with Crippen LogP contribution in [0.25, 0.3) is 11.1 Å². The summed E-state index contributed by atoms with van der Waals surface area (Å²) in [4.78, 5) is 38.6. The molecule has 4 rings (SSSR count). The molecule has 1 fully saturated rings. The van der Waals surface area contributed by atoms with Crippen molar-refractivity contribution in [3.8, 4) is 11.1 Å². The van der Waals surface area contributed by atoms with E-state index >= 15 is 0 Å². The van der Waals surface area contributed by atoms with Crippen LogP contribution in [-0.2, 0) is 14.3 Å². The van der Waals surface area contributed by atoms with Crippen molar-refractivity contribution in [2.75, 3.05) is 19.7 Å². The predicted octanol–water partition coefficient (Wildman–Crippen LogP) is 4.12. The Morgan fingerprint density at radius 2 is 1.56 bits per heavy atom. The number of carbonyl (C=O) groups is 3. The number of benzene rings is 2. The van der Waals surface area contributed by atoms with E-state index in [0.717, 1.165) is 22.3 Å². The number of nitrogens with one attached hydrogen (secondary N) is 1. The third-order valence-corrected chi connectivity index (χ3v) is 6.96. The van der Waals surface area contributed by atoms with Gasteiger partial charge in [-0.25, -0.2) is 4.79 Å². The highest BCUT2D eigenvalue weighted by molar-refractivity contribution is 5.86. The molecule has 2 aliphatic rings. The van der Waals surface area contributed by atoms with E-state index in [1.165, 1.54) is 0 Å². The third-order valence-electron chi connectivity index (χ3n) is 6.96. The molecule has 0 saturated carbocycles. The monoisotopic (exact) mass is 464 g/mol. The Morgan fingerprint density at radius 1 is 1.00 bits per heavy atom. The van der Waals surface area contributed by atoms with Gasteiger partial charge < -0.3 is 20.1 Å². The third kappa shape index (κ3) is 4.79. The number of carboxylic acids is 1. The maximum absolute atomic E-state index is 13.0. The van der Waals surface area contributed by atoms with Crippen LogP contribution in [-0.4, -0.2) is 53.7 Å². The smallest absolute Gasteiger partial charge is 0.407 e. The summed E-state index contributed by atoms with van der Waals surface area (Å²) >= 11 is 0. The summed E-state index contributed by atoms with van der Waals surface area (Å²) in [5, 5.41) is 12.0. The number of aliphatic carboxylic acids is 1. The number of amides is 2. The number of carbonyl (C=O) groups excluding carboxylic acids is 2. The fourth-order valence-electron chi connectivity index (χ4n) is 4.91. The first-order valence-corrected chi connectivity index (χ1v) is 11.9. The number of alkyl carbamates (subject to hydrolysis) is 1. The van der Waals surface area contributed by atoms with E-state index in [2.05, 4.69) is 29.6 Å². The molecule has 1 aliphatic heterocycles. The molecule has 1 aliphatic carbocycles. The van der Waals surface area contributed by atoms with Gasteiger partial charge in [-0.1, -0.05) is 69.3 Å². The van der Waals surface area contributed by atoms with Crippen LogP contribution in [0.4, 0.5) is 4.79 Å². The maximum atomic E-state index is 13.0. The van der Waals surface area contributed by atoms with Crippen LogP contribution in [0, 0.1) is 17.8 Å². The van der Waals surface area contributed by atoms with Crippen LogP contribution in [0.1, 0.15) is 44.2 Å². The first-order valence-electron chi connectivity index (χ1n) is 11.9. The van der Waals surface area contributed by atoms with Crippen molar-refractivity contribution >= 4 is 18.0 Å². The Kier molecular flexibility index (Phi) is 6.91. The Bertz CT molecular complexity index is 1030. The van der Waals surface area contributed by atoms with Gasteiger partial charge in [0.1, 0.15) is 12.6 Å². The van der Waals surface area contributed by atoms with Gasteiger partial charge in [0.15, 0.2) is 0 Å². The molecule has 0 bridgehead atoms. The van der Waals surface area contributed by atoms with Crippen LogP contribution in [0.2, 0.25) is 0 Å². The molecule has 2 aromatic carbocycles. The van der Waals surface area contributed by atoms with Gasteiger partial charge in [0, 0.05) is 24.9 Å². The Hall–Kier alpha value is -3.35. The van der Waals surface area contributed by atoms with Crippen molar-refractivity contribution in [3.05, 3.63) is 59.7 Å². The van der Waals surface area contributed by atoms with E-state index in [9.17, 15) is 19.5 Å². The SMILES string of the molecule is CC(C)CC(NC(=O)OCC1c2ccccc2-c2ccccc21)C(=O)N1CC(C(C)C(=O)O)C1. The summed E-state index contributed by atoms with van der Waals surface area (Å²) < 4.78 is 5.63. The van der Waals surface area contributed by atoms with Gasteiger partial charge in [0.25, 0.3) is 0 Å². The molecule has 0 aromatic heterocycles. The summed E-state index contributed by atoms with van der Waals surface area (Å²) in [6.07, 6.45) is -0.129. The molecule has 2 unspecified atom stereocenters. The molecular weight excluding hydrogens is 432 g/mol. The molecule has 2 aromatic rings. The van der Waals surface area contributed by atoms with Gasteiger partial charge in [0.2, 0.25) is 5.91 Å². The topological polar surface area (TPSA) is 95.9 Å². The van der Waals surface area contributed by atoms with E-state index in [1.54, 1.807) is 11.8 Å². The summed E-state index contributed by atoms with van der Waals surface area (Å²) in [5.41, 5.74) is 4.57. The second kappa shape index (κ2) is 9.87. The molecule has 2 N–H and O–H groups in total. The zero-order valence-electron chi connectivity index (χ0n) is 19.9. The van der Waals surface area contributed by atoms with Gasteiger partial charge >= 0.3 is 12.1 Å². The van der Waals surface area contributed by atoms with Crippen LogP contribution in [0.3, 0.4) is 0 Å². The molecular formula is C27H32N2O5. The Morgan fingerprint density at radius 3 is 2.09 bits per heavy atom. The predicted molar refractivity (Wildman–Crippen MR) is 128 cm³/mol. The minimum Gasteiger partial charge on any atom is -0.481 e. The van der Waals surface area contributed by atoms with Crippen molar-refractivity contribution in [1.82, 2.24) is 10.2 Å². The summed E-state index contributed by atoms with van der Waals surface area (Å²) in [6, 6.07) is 15.6. The van der Waals surface area contributed by atoms with Gasteiger partial charge in [-0.2, -0.15) is 0 Å². The van der Waals surface area contributed by atoms with Gasteiger partial charge in [-0.05, 0) is 34.6 Å². The fourth-order valence-corrected chi connectivity index (χ4v) is 4.91. The second-order valence-electron chi connectivity index (χ2n) is 9.78. The molecule has 2 amide bonds. The van der Waals surface area contributed by atoms with E-state index in [0.29, 0.717) is 19.5 Å². The number of hydrogen-bond acceptors (Lipinski definition) is 4. The summed E-state index contributed by atoms with van der Waals surface area (Å²) in [7, 11) is 0. The van der Waals surface area contributed by atoms with Crippen molar-refractivity contribution in [1.29, 1.82) is 0 Å². The molecule has 34 heavy (non-hydrogen) atoms. The second-order valence-corrected chi connectivity index (χ2v) is 9.78. The van der Waals surface area contributed by atoms with E-state index in [4.69, 9.17) is 4.74 Å². The Balaban J connectivity index is 1.38. The Labute approximate surface area is 200 Å². The average Bonchev–Trinajstić information content (AvgIpc) is 3.09. The van der Waals surface area contributed by atoms with E-state index < -0.39 is 24.0 Å². The van der Waals surface area contributed by atoms with Crippen LogP contribution in [0.15, 0.2) is 48.5 Å². The first kappa shape index (κ1) is 23.8. The highest BCUT2D eigenvalue weighted by atomic mass is 16.5. The lowest BCUT2D eigenvalue weighted by Crippen LogP contribution is -2.59. The van der Waals surface area contributed by atoms with Crippen LogP contribution < -0.4 is 5.32 Å². The first-order chi connectivity index (χ1) is 16.3. The van der Waals surface area contributed by atoms with Gasteiger partial charge in [0.05, 0.1) is 5.92 Å². The summed E-state index contributed by atoms with van der Waals surface area (Å²) in [5.74, 6) is -1.45. The minimum absolute atomic E-state index is 0.0500. The zero-order chi connectivity index (χ0) is 24.4. The number of nitrogens with zero attached hydrogens (tertiary/aromatic N) is 1. The summed E-state index contributed by atoms with van der Waals surface area (Å²) in [6.45, 7) is 6.62. The maximum Gasteiger partial charge on any atom is 0.407 e. The standard InChI is InChI=1S/C27H32N2O5/c1-16(2)12-24(25(30)29-13-18(14-29)17(3)26(31)32)28-27(33)34-15-23-21-10-6-4-8-19(21)20-9-5-7-11-22(20)23/h4-11,16-18,23-24H,12-15H2,1-3H3,(H,28,33)(H,31,32). The van der Waals surface area contributed by atoms with Crippen molar-refractivity contribution < 1.29 is 24.2 Å². The molecule has 1 heterocycles. The van der Waals surface area contributed by atoms with Gasteiger partial charge in [-0.15, -0.1) is 0 Å². The molecule has 0 radical (unpaired) electrons. The number of carboxylic acid groups (broad SMARTS) is 1. The van der Waals surface area contributed by atoms with Crippen molar-refractivity contribution in [2.24, 2.45) is 17.8 Å². The molecule has 2 atom stereocenters. The minimum atomic E-state index is -0.854. The molecule has 7 heteroatoms. The van der Waals surface area contributed by atoms with Crippen LogP contribution in [0.5, 0.6) is 0 Å². The zero-order valence-corrected chi connectivity index (χ0v) is 19.9. The van der Waals surface area contributed by atoms with Crippen molar-refractivity contribution in [2.45, 2.75) is 39.2 Å². The largest absolute Gasteiger partial charge is 0.481 e. The highest BCUT2D eigenvalue weighted by Crippen LogP contribution is 2.44. The van der Waals surface area contributed by atoms with E-state index in [1.807, 2.05) is 38.1 Å². The van der Waals surface area contributed by atoms with Crippen molar-refractivity contribution in [3.63, 3.8) is 0 Å². The van der Waals surface area contributed by atoms with Gasteiger partial charge in [-0.3, -0.25) is 9.59 Å². The lowest BCUT2D eigenvalue weighted by Gasteiger charge is -2.43. The lowest BCUT2D eigenvalue weighted by atomic mass is 9.86. The number of likely N-dealkylation sites (tertiary alicyclic amines) is 1. The number of ether oxygens (including phenoxy) is 1. The molecule has 180 valence electrons. The van der Waals surface area contributed by atoms with Crippen LogP contribution >= 0.6 is 0 Å². The number of hydrogen-bond donors (Lipinski definition) is 2. The number of rotatable bonds is 8. The lowest BCUT2D eigenvalue weighted by molar-refractivity contribution is -0.151. The average molecular weight is 465 g/mol. The fraction of sp³-hybridized carbons (Fsp3) is 0.444. The number of fused-ring (bicyclic) bond motifs is 3. The van der Waals surface area contributed by atoms with E-state index in [-0.39, 0.29) is 30.3 Å². The molecule has 7 nitrogen and oxygen atoms in total.